The second-order valence-corrected chi connectivity index (χ2v) is 2.38. The Balaban J connectivity index is 3.92. The molecule has 0 amide bonds. The summed E-state index contributed by atoms with van der Waals surface area (Å²) in [6.07, 6.45) is 3.17. The van der Waals surface area contributed by atoms with Crippen LogP contribution in [0.25, 0.3) is 0 Å². The van der Waals surface area contributed by atoms with Crippen molar-refractivity contribution in [2.45, 2.75) is 26.3 Å². The molecule has 0 aliphatic rings. The molecule has 2 nitrogen and oxygen atoms in total. The monoisotopic (exact) mass is 142 g/mol. The molecular weight excluding hydrogens is 124 g/mol. The number of rotatable bonds is 4. The highest BCUT2D eigenvalue weighted by atomic mass is 14.9. The van der Waals surface area contributed by atoms with Gasteiger partial charge < -0.3 is 11.1 Å². The Labute approximate surface area is 63.5 Å². The first-order chi connectivity index (χ1) is 4.76. The molecule has 0 bridgehead atoms. The zero-order valence-corrected chi connectivity index (χ0v) is 7.15. The van der Waals surface area contributed by atoms with Gasteiger partial charge in [-0.25, -0.2) is 0 Å². The number of nitrogens with one attached hydrogen (secondary N) is 1. The first-order valence-corrected chi connectivity index (χ1v) is 3.82. The number of hydrogen-bond donors (Lipinski definition) is 2. The SMILES string of the molecule is CC/C(=C/CN)C(C)NC. The van der Waals surface area contributed by atoms with E-state index in [0.717, 1.165) is 6.42 Å². The lowest BCUT2D eigenvalue weighted by Gasteiger charge is -2.12. The summed E-state index contributed by atoms with van der Waals surface area (Å²) in [6.45, 7) is 4.94. The van der Waals surface area contributed by atoms with E-state index in [1.54, 1.807) is 0 Å². The smallest absolute Gasteiger partial charge is 0.0248 e. The predicted octanol–water partition coefficient (Wildman–Crippen LogP) is 0.889. The summed E-state index contributed by atoms with van der Waals surface area (Å²) in [5, 5.41) is 3.18. The Kier molecular flexibility index (Phi) is 5.26. The van der Waals surface area contributed by atoms with Gasteiger partial charge in [0.2, 0.25) is 0 Å². The van der Waals surface area contributed by atoms with Crippen molar-refractivity contribution in [1.29, 1.82) is 0 Å². The highest BCUT2D eigenvalue weighted by molar-refractivity contribution is 5.09. The molecule has 0 radical (unpaired) electrons. The number of nitrogens with two attached hydrogens (primary N) is 1. The zero-order valence-electron chi connectivity index (χ0n) is 7.15. The molecule has 60 valence electrons. The Morgan fingerprint density at radius 1 is 1.70 bits per heavy atom. The molecule has 0 saturated carbocycles. The van der Waals surface area contributed by atoms with E-state index in [-0.39, 0.29) is 0 Å². The third-order valence-electron chi connectivity index (χ3n) is 1.78. The molecule has 3 N–H and O–H groups in total. The van der Waals surface area contributed by atoms with Crippen molar-refractivity contribution in [3.05, 3.63) is 11.6 Å². The Hall–Kier alpha value is -0.340. The van der Waals surface area contributed by atoms with Crippen LogP contribution in [0, 0.1) is 0 Å². The highest BCUT2D eigenvalue weighted by Crippen LogP contribution is 2.04. The largest absolute Gasteiger partial charge is 0.327 e. The molecule has 0 aliphatic heterocycles. The van der Waals surface area contributed by atoms with Crippen LogP contribution >= 0.6 is 0 Å². The summed E-state index contributed by atoms with van der Waals surface area (Å²) >= 11 is 0. The Bertz CT molecular complexity index is 108. The molecule has 0 rings (SSSR count). The average Bonchev–Trinajstić information content (AvgIpc) is 1.99. The third kappa shape index (κ3) is 2.99. The molecule has 0 aliphatic carbocycles. The van der Waals surface area contributed by atoms with Crippen LogP contribution in [0.3, 0.4) is 0 Å². The van der Waals surface area contributed by atoms with Gasteiger partial charge >= 0.3 is 0 Å². The molecular formula is C8H18N2. The second kappa shape index (κ2) is 5.45. The Morgan fingerprint density at radius 2 is 2.30 bits per heavy atom. The minimum atomic E-state index is 0.466. The first kappa shape index (κ1) is 9.66. The molecule has 10 heavy (non-hydrogen) atoms. The van der Waals surface area contributed by atoms with Crippen LogP contribution in [0.15, 0.2) is 11.6 Å². The van der Waals surface area contributed by atoms with E-state index >= 15 is 0 Å². The standard InChI is InChI=1S/C8H18N2/c1-4-8(5-6-9)7(2)10-3/h5,7,10H,4,6,9H2,1-3H3/b8-5-. The third-order valence-corrected chi connectivity index (χ3v) is 1.78. The van der Waals surface area contributed by atoms with E-state index in [1.807, 2.05) is 7.05 Å². The summed E-state index contributed by atoms with van der Waals surface area (Å²) in [7, 11) is 1.96. The van der Waals surface area contributed by atoms with Gasteiger partial charge in [-0.2, -0.15) is 0 Å². The fourth-order valence-electron chi connectivity index (χ4n) is 0.964. The first-order valence-electron chi connectivity index (χ1n) is 3.82. The number of likely N-dealkylation sites (N-methyl/N-ethyl adjacent to an activating group) is 1. The van der Waals surface area contributed by atoms with Gasteiger partial charge in [-0.1, -0.05) is 18.6 Å². The summed E-state index contributed by atoms with van der Waals surface area (Å²) in [5.74, 6) is 0. The second-order valence-electron chi connectivity index (χ2n) is 2.38. The average molecular weight is 142 g/mol. The van der Waals surface area contributed by atoms with Crippen molar-refractivity contribution in [2.24, 2.45) is 5.73 Å². The molecule has 2 heteroatoms. The van der Waals surface area contributed by atoms with Crippen molar-refractivity contribution in [3.63, 3.8) is 0 Å². The summed E-state index contributed by atoms with van der Waals surface area (Å²) < 4.78 is 0. The molecule has 0 aromatic heterocycles. The summed E-state index contributed by atoms with van der Waals surface area (Å²) in [6, 6.07) is 0.466. The Morgan fingerprint density at radius 3 is 2.60 bits per heavy atom. The highest BCUT2D eigenvalue weighted by Gasteiger charge is 2.01. The lowest BCUT2D eigenvalue weighted by molar-refractivity contribution is 0.669. The molecule has 1 atom stereocenters. The van der Waals surface area contributed by atoms with Crippen LogP contribution in [0.1, 0.15) is 20.3 Å². The van der Waals surface area contributed by atoms with Gasteiger partial charge in [-0.05, 0) is 20.4 Å². The van der Waals surface area contributed by atoms with Crippen LogP contribution in [-0.2, 0) is 0 Å². The molecule has 0 heterocycles. The molecule has 0 saturated heterocycles. The summed E-state index contributed by atoms with van der Waals surface area (Å²) in [4.78, 5) is 0. The fourth-order valence-corrected chi connectivity index (χ4v) is 0.964. The quantitative estimate of drug-likeness (QED) is 0.572. The van der Waals surface area contributed by atoms with E-state index in [1.165, 1.54) is 5.57 Å². The van der Waals surface area contributed by atoms with Crippen LogP contribution in [-0.4, -0.2) is 19.6 Å². The van der Waals surface area contributed by atoms with Crippen LogP contribution in [0.5, 0.6) is 0 Å². The van der Waals surface area contributed by atoms with Crippen molar-refractivity contribution in [2.75, 3.05) is 13.6 Å². The molecule has 0 aromatic rings. The fraction of sp³-hybridized carbons (Fsp3) is 0.750. The van der Waals surface area contributed by atoms with Gasteiger partial charge in [-0.3, -0.25) is 0 Å². The lowest BCUT2D eigenvalue weighted by Crippen LogP contribution is -2.23. The molecule has 0 fully saturated rings. The van der Waals surface area contributed by atoms with Gasteiger partial charge in [-0.15, -0.1) is 0 Å². The normalized spacial score (nSPS) is 15.4. The molecule has 0 spiro atoms. The van der Waals surface area contributed by atoms with Crippen LogP contribution < -0.4 is 11.1 Å². The van der Waals surface area contributed by atoms with Gasteiger partial charge in [0.25, 0.3) is 0 Å². The van der Waals surface area contributed by atoms with Crippen molar-refractivity contribution in [3.8, 4) is 0 Å². The van der Waals surface area contributed by atoms with Gasteiger partial charge in [0.05, 0.1) is 0 Å². The predicted molar refractivity (Wildman–Crippen MR) is 46.0 cm³/mol. The summed E-state index contributed by atoms with van der Waals surface area (Å²) in [5.41, 5.74) is 6.79. The van der Waals surface area contributed by atoms with Crippen LogP contribution in [0.4, 0.5) is 0 Å². The van der Waals surface area contributed by atoms with Crippen molar-refractivity contribution < 1.29 is 0 Å². The van der Waals surface area contributed by atoms with Crippen molar-refractivity contribution in [1.82, 2.24) is 5.32 Å². The topological polar surface area (TPSA) is 38.0 Å². The zero-order chi connectivity index (χ0) is 7.98. The maximum absolute atomic E-state index is 5.39. The van der Waals surface area contributed by atoms with Crippen molar-refractivity contribution >= 4 is 0 Å². The van der Waals surface area contributed by atoms with E-state index in [9.17, 15) is 0 Å². The van der Waals surface area contributed by atoms with Gasteiger partial charge in [0, 0.05) is 12.6 Å². The maximum Gasteiger partial charge on any atom is 0.0248 e. The lowest BCUT2D eigenvalue weighted by atomic mass is 10.1. The molecule has 0 aromatic carbocycles. The van der Waals surface area contributed by atoms with E-state index in [0.29, 0.717) is 12.6 Å². The molecule has 1 unspecified atom stereocenters. The minimum absolute atomic E-state index is 0.466. The van der Waals surface area contributed by atoms with Crippen LogP contribution in [0.2, 0.25) is 0 Å². The number of hydrogen-bond acceptors (Lipinski definition) is 2. The minimum Gasteiger partial charge on any atom is -0.327 e. The van der Waals surface area contributed by atoms with E-state index < -0.39 is 0 Å². The van der Waals surface area contributed by atoms with Gasteiger partial charge in [0.15, 0.2) is 0 Å². The van der Waals surface area contributed by atoms with E-state index in [2.05, 4.69) is 25.2 Å². The van der Waals surface area contributed by atoms with Gasteiger partial charge in [0.1, 0.15) is 0 Å². The van der Waals surface area contributed by atoms with E-state index in [4.69, 9.17) is 5.73 Å². The maximum atomic E-state index is 5.39.